The molecule has 0 atom stereocenters. The third kappa shape index (κ3) is 1.65. The predicted octanol–water partition coefficient (Wildman–Crippen LogP) is 1.41. The molecule has 0 amide bonds. The molecule has 0 fully saturated rings. The SMILES string of the molecule is O=COc1ccc([N+](=O)[O-])c(F)c1F. The molecule has 0 aromatic heterocycles. The zero-order valence-electron chi connectivity index (χ0n) is 6.57. The molecule has 0 spiro atoms. The lowest BCUT2D eigenvalue weighted by molar-refractivity contribution is -0.387. The summed E-state index contributed by atoms with van der Waals surface area (Å²) < 4.78 is 29.7. The number of benzene rings is 1. The van der Waals surface area contributed by atoms with Gasteiger partial charge < -0.3 is 4.74 Å². The van der Waals surface area contributed by atoms with Crippen molar-refractivity contribution in [3.8, 4) is 5.75 Å². The van der Waals surface area contributed by atoms with E-state index in [1.165, 1.54) is 0 Å². The van der Waals surface area contributed by atoms with Crippen LogP contribution < -0.4 is 4.74 Å². The molecule has 0 aliphatic rings. The van der Waals surface area contributed by atoms with E-state index in [1.54, 1.807) is 0 Å². The minimum atomic E-state index is -1.66. The number of carbonyl (C=O) groups is 1. The van der Waals surface area contributed by atoms with Gasteiger partial charge in [-0.1, -0.05) is 0 Å². The number of nitro groups is 1. The Morgan fingerprint density at radius 1 is 1.36 bits per heavy atom. The summed E-state index contributed by atoms with van der Waals surface area (Å²) >= 11 is 0. The van der Waals surface area contributed by atoms with Crippen molar-refractivity contribution in [2.45, 2.75) is 0 Å². The zero-order valence-corrected chi connectivity index (χ0v) is 6.57. The van der Waals surface area contributed by atoms with Crippen LogP contribution in [-0.2, 0) is 4.79 Å². The Hall–Kier alpha value is -2.05. The summed E-state index contributed by atoms with van der Waals surface area (Å²) in [5.74, 6) is -3.91. The van der Waals surface area contributed by atoms with Crippen LogP contribution in [-0.4, -0.2) is 11.4 Å². The number of hydrogen-bond acceptors (Lipinski definition) is 4. The van der Waals surface area contributed by atoms with Gasteiger partial charge in [0.05, 0.1) is 4.92 Å². The van der Waals surface area contributed by atoms with E-state index >= 15 is 0 Å². The summed E-state index contributed by atoms with van der Waals surface area (Å²) in [6, 6.07) is 1.50. The van der Waals surface area contributed by atoms with Crippen molar-refractivity contribution >= 4 is 12.2 Å². The number of rotatable bonds is 3. The van der Waals surface area contributed by atoms with Crippen LogP contribution in [0.25, 0.3) is 0 Å². The lowest BCUT2D eigenvalue weighted by Crippen LogP contribution is -1.99. The molecule has 0 saturated carbocycles. The molecular formula is C7H3F2NO4. The number of nitro benzene ring substituents is 1. The van der Waals surface area contributed by atoms with Crippen LogP contribution in [0.2, 0.25) is 0 Å². The molecule has 1 aromatic carbocycles. The Morgan fingerprint density at radius 2 is 2.00 bits per heavy atom. The van der Waals surface area contributed by atoms with Crippen LogP contribution in [0.1, 0.15) is 0 Å². The standard InChI is InChI=1S/C7H3F2NO4/c8-6-4(10(12)13)1-2-5(7(6)9)14-3-11/h1-3H. The molecule has 0 bridgehead atoms. The molecule has 0 heterocycles. The Morgan fingerprint density at radius 3 is 2.50 bits per heavy atom. The van der Waals surface area contributed by atoms with Crippen molar-refractivity contribution in [2.24, 2.45) is 0 Å². The first-order valence-corrected chi connectivity index (χ1v) is 3.30. The normalized spacial score (nSPS) is 9.57. The van der Waals surface area contributed by atoms with Gasteiger partial charge in [-0.3, -0.25) is 14.9 Å². The van der Waals surface area contributed by atoms with Gasteiger partial charge >= 0.3 is 5.69 Å². The highest BCUT2D eigenvalue weighted by atomic mass is 19.2. The topological polar surface area (TPSA) is 69.4 Å². The van der Waals surface area contributed by atoms with Crippen molar-refractivity contribution in [1.29, 1.82) is 0 Å². The third-order valence-electron chi connectivity index (χ3n) is 1.40. The molecule has 1 aromatic rings. The fourth-order valence-electron chi connectivity index (χ4n) is 0.805. The third-order valence-corrected chi connectivity index (χ3v) is 1.40. The first-order chi connectivity index (χ1) is 6.57. The van der Waals surface area contributed by atoms with Gasteiger partial charge in [0.2, 0.25) is 11.6 Å². The molecule has 0 aliphatic carbocycles. The van der Waals surface area contributed by atoms with E-state index in [9.17, 15) is 23.7 Å². The number of hydrogen-bond donors (Lipinski definition) is 0. The summed E-state index contributed by atoms with van der Waals surface area (Å²) in [4.78, 5) is 18.9. The first kappa shape index (κ1) is 10.0. The second-order valence-corrected chi connectivity index (χ2v) is 2.18. The highest BCUT2D eigenvalue weighted by Crippen LogP contribution is 2.26. The lowest BCUT2D eigenvalue weighted by atomic mass is 10.3. The first-order valence-electron chi connectivity index (χ1n) is 3.30. The Bertz CT molecular complexity index is 394. The van der Waals surface area contributed by atoms with Crippen molar-refractivity contribution < 1.29 is 23.2 Å². The minimum Gasteiger partial charge on any atom is -0.425 e. The van der Waals surface area contributed by atoms with Crippen molar-refractivity contribution in [3.05, 3.63) is 33.9 Å². The van der Waals surface area contributed by atoms with E-state index in [2.05, 4.69) is 4.74 Å². The highest BCUT2D eigenvalue weighted by Gasteiger charge is 2.21. The molecule has 0 aliphatic heterocycles. The molecule has 14 heavy (non-hydrogen) atoms. The van der Waals surface area contributed by atoms with E-state index in [-0.39, 0.29) is 6.47 Å². The maximum atomic E-state index is 12.8. The Balaban J connectivity index is 3.25. The Kier molecular flexibility index (Phi) is 2.70. The van der Waals surface area contributed by atoms with Gasteiger partial charge in [-0.05, 0) is 6.07 Å². The molecule has 1 rings (SSSR count). The highest BCUT2D eigenvalue weighted by molar-refractivity contribution is 5.48. The van der Waals surface area contributed by atoms with Gasteiger partial charge in [0.1, 0.15) is 0 Å². The molecule has 74 valence electrons. The van der Waals surface area contributed by atoms with Crippen LogP contribution in [0.15, 0.2) is 12.1 Å². The van der Waals surface area contributed by atoms with Crippen molar-refractivity contribution in [3.63, 3.8) is 0 Å². The summed E-state index contributed by atoms with van der Waals surface area (Å²) in [5.41, 5.74) is -1.01. The average Bonchev–Trinajstić information content (AvgIpc) is 2.13. The minimum absolute atomic E-state index is 0.107. The molecule has 0 N–H and O–H groups in total. The van der Waals surface area contributed by atoms with Crippen LogP contribution in [0.4, 0.5) is 14.5 Å². The second kappa shape index (κ2) is 3.77. The van der Waals surface area contributed by atoms with Gasteiger partial charge in [-0.25, -0.2) is 0 Å². The molecule has 5 nitrogen and oxygen atoms in total. The van der Waals surface area contributed by atoms with Gasteiger partial charge in [0.25, 0.3) is 6.47 Å². The average molecular weight is 203 g/mol. The van der Waals surface area contributed by atoms with E-state index in [0.29, 0.717) is 6.07 Å². The molecule has 7 heteroatoms. The quantitative estimate of drug-likeness (QED) is 0.423. The number of nitrogens with zero attached hydrogens (tertiary/aromatic N) is 1. The van der Waals surface area contributed by atoms with E-state index in [1.807, 2.05) is 0 Å². The fourth-order valence-corrected chi connectivity index (χ4v) is 0.805. The second-order valence-electron chi connectivity index (χ2n) is 2.18. The zero-order chi connectivity index (χ0) is 10.7. The summed E-state index contributed by atoms with van der Waals surface area (Å²) in [6.07, 6.45) is 0. The number of halogens is 2. The predicted molar refractivity (Wildman–Crippen MR) is 39.7 cm³/mol. The van der Waals surface area contributed by atoms with Gasteiger partial charge in [-0.15, -0.1) is 0 Å². The summed E-state index contributed by atoms with van der Waals surface area (Å²) in [5, 5.41) is 10.1. The number of carbonyl (C=O) groups excluding carboxylic acids is 1. The van der Waals surface area contributed by atoms with Crippen LogP contribution in [0.5, 0.6) is 5.75 Å². The fraction of sp³-hybridized carbons (Fsp3) is 0. The molecule has 0 radical (unpaired) electrons. The van der Waals surface area contributed by atoms with E-state index in [4.69, 9.17) is 0 Å². The van der Waals surface area contributed by atoms with Crippen molar-refractivity contribution in [2.75, 3.05) is 0 Å². The van der Waals surface area contributed by atoms with Crippen molar-refractivity contribution in [1.82, 2.24) is 0 Å². The van der Waals surface area contributed by atoms with Crippen LogP contribution in [0, 0.1) is 21.7 Å². The van der Waals surface area contributed by atoms with Gasteiger partial charge in [-0.2, -0.15) is 8.78 Å². The molecular weight excluding hydrogens is 200 g/mol. The van der Waals surface area contributed by atoms with Gasteiger partial charge in [0, 0.05) is 6.07 Å². The smallest absolute Gasteiger partial charge is 0.308 e. The van der Waals surface area contributed by atoms with E-state index in [0.717, 1.165) is 6.07 Å². The Labute approximate surface area is 76.1 Å². The van der Waals surface area contributed by atoms with E-state index < -0.39 is 28.0 Å². The summed E-state index contributed by atoms with van der Waals surface area (Å²) in [7, 11) is 0. The molecule has 0 unspecified atom stereocenters. The van der Waals surface area contributed by atoms with Crippen LogP contribution >= 0.6 is 0 Å². The van der Waals surface area contributed by atoms with Crippen LogP contribution in [0.3, 0.4) is 0 Å². The maximum absolute atomic E-state index is 12.8. The van der Waals surface area contributed by atoms with Gasteiger partial charge in [0.15, 0.2) is 5.75 Å². The monoisotopic (exact) mass is 203 g/mol. The molecule has 0 saturated heterocycles. The lowest BCUT2D eigenvalue weighted by Gasteiger charge is -2.00. The summed E-state index contributed by atoms with van der Waals surface area (Å²) in [6.45, 7) is -0.107. The largest absolute Gasteiger partial charge is 0.425 e. The maximum Gasteiger partial charge on any atom is 0.308 e. The number of ether oxygens (including phenoxy) is 1.